The van der Waals surface area contributed by atoms with Gasteiger partial charge < -0.3 is 10.1 Å². The number of nitrogens with zero attached hydrogens (tertiary/aromatic N) is 1. The Hall–Kier alpha value is -2.31. The molecule has 0 heterocycles. The van der Waals surface area contributed by atoms with Crippen LogP contribution in [0.1, 0.15) is 16.7 Å². The second kappa shape index (κ2) is 6.58. The highest BCUT2D eigenvalue weighted by Gasteiger charge is 1.96. The van der Waals surface area contributed by atoms with E-state index in [0.29, 0.717) is 5.56 Å². The molecular weight excluding hydrogens is 236 g/mol. The summed E-state index contributed by atoms with van der Waals surface area (Å²) < 4.78 is 5.12. The summed E-state index contributed by atoms with van der Waals surface area (Å²) in [7, 11) is 1.66. The second-order valence-corrected chi connectivity index (χ2v) is 4.26. The van der Waals surface area contributed by atoms with Crippen molar-refractivity contribution in [3.05, 3.63) is 65.2 Å². The molecule has 0 atom stereocenters. The molecule has 3 heteroatoms. The Labute approximate surface area is 113 Å². The fourth-order valence-corrected chi connectivity index (χ4v) is 1.79. The maximum atomic E-state index is 8.72. The zero-order chi connectivity index (χ0) is 13.5. The third-order valence-electron chi connectivity index (χ3n) is 2.90. The highest BCUT2D eigenvalue weighted by molar-refractivity contribution is 5.31. The molecule has 2 aromatic carbocycles. The molecule has 0 saturated carbocycles. The van der Waals surface area contributed by atoms with Gasteiger partial charge in [-0.25, -0.2) is 0 Å². The van der Waals surface area contributed by atoms with Gasteiger partial charge in [0.1, 0.15) is 5.75 Å². The Morgan fingerprint density at radius 3 is 1.95 bits per heavy atom. The van der Waals surface area contributed by atoms with E-state index in [9.17, 15) is 0 Å². The van der Waals surface area contributed by atoms with E-state index in [1.54, 1.807) is 7.11 Å². The summed E-state index contributed by atoms with van der Waals surface area (Å²) in [5.74, 6) is 0.871. The van der Waals surface area contributed by atoms with Crippen molar-refractivity contribution >= 4 is 0 Å². The summed E-state index contributed by atoms with van der Waals surface area (Å²) >= 11 is 0. The van der Waals surface area contributed by atoms with Gasteiger partial charge in [0.15, 0.2) is 0 Å². The van der Waals surface area contributed by atoms with Gasteiger partial charge in [0, 0.05) is 13.1 Å². The Morgan fingerprint density at radius 1 is 0.947 bits per heavy atom. The van der Waals surface area contributed by atoms with Crippen LogP contribution in [-0.2, 0) is 13.1 Å². The number of benzene rings is 2. The molecule has 0 radical (unpaired) electrons. The first-order valence-corrected chi connectivity index (χ1v) is 6.14. The summed E-state index contributed by atoms with van der Waals surface area (Å²) in [6.45, 7) is 1.60. The predicted molar refractivity (Wildman–Crippen MR) is 74.7 cm³/mol. The summed E-state index contributed by atoms with van der Waals surface area (Å²) in [5.41, 5.74) is 3.08. The van der Waals surface area contributed by atoms with Gasteiger partial charge >= 0.3 is 0 Å². The molecule has 19 heavy (non-hydrogen) atoms. The number of rotatable bonds is 5. The van der Waals surface area contributed by atoms with Gasteiger partial charge in [-0.05, 0) is 35.4 Å². The monoisotopic (exact) mass is 252 g/mol. The highest BCUT2D eigenvalue weighted by atomic mass is 16.5. The summed E-state index contributed by atoms with van der Waals surface area (Å²) in [5, 5.41) is 12.1. The molecule has 1 N–H and O–H groups in total. The summed E-state index contributed by atoms with van der Waals surface area (Å²) in [6, 6.07) is 17.7. The van der Waals surface area contributed by atoms with Crippen LogP contribution in [0.3, 0.4) is 0 Å². The number of hydrogen-bond acceptors (Lipinski definition) is 3. The van der Waals surface area contributed by atoms with Gasteiger partial charge in [-0.15, -0.1) is 0 Å². The normalized spacial score (nSPS) is 9.89. The molecule has 0 aliphatic rings. The van der Waals surface area contributed by atoms with E-state index in [4.69, 9.17) is 10.00 Å². The lowest BCUT2D eigenvalue weighted by atomic mass is 10.1. The summed E-state index contributed by atoms with van der Waals surface area (Å²) in [4.78, 5) is 0. The van der Waals surface area contributed by atoms with Crippen molar-refractivity contribution < 1.29 is 4.74 Å². The molecule has 0 saturated heterocycles. The fourth-order valence-electron chi connectivity index (χ4n) is 1.79. The van der Waals surface area contributed by atoms with Gasteiger partial charge in [0.2, 0.25) is 0 Å². The molecular formula is C16H16N2O. The first-order chi connectivity index (χ1) is 9.31. The van der Waals surface area contributed by atoms with E-state index < -0.39 is 0 Å². The van der Waals surface area contributed by atoms with Crippen LogP contribution in [0.15, 0.2) is 48.5 Å². The lowest BCUT2D eigenvalue weighted by molar-refractivity contribution is 0.414. The standard InChI is InChI=1S/C16H16N2O/c1-19-16-8-6-15(7-9-16)12-18-11-14-4-2-13(10-17)3-5-14/h2-9,18H,11-12H2,1H3. The van der Waals surface area contributed by atoms with E-state index in [-0.39, 0.29) is 0 Å². The zero-order valence-electron chi connectivity index (χ0n) is 10.9. The van der Waals surface area contributed by atoms with E-state index in [0.717, 1.165) is 18.8 Å². The minimum absolute atomic E-state index is 0.693. The average molecular weight is 252 g/mol. The van der Waals surface area contributed by atoms with Crippen LogP contribution < -0.4 is 10.1 Å². The highest BCUT2D eigenvalue weighted by Crippen LogP contribution is 2.11. The molecule has 0 fully saturated rings. The Morgan fingerprint density at radius 2 is 1.47 bits per heavy atom. The second-order valence-electron chi connectivity index (χ2n) is 4.26. The first-order valence-electron chi connectivity index (χ1n) is 6.14. The van der Waals surface area contributed by atoms with E-state index in [1.165, 1.54) is 11.1 Å². The van der Waals surface area contributed by atoms with Crippen molar-refractivity contribution in [1.29, 1.82) is 5.26 Å². The van der Waals surface area contributed by atoms with Crippen molar-refractivity contribution in [2.75, 3.05) is 7.11 Å². The van der Waals surface area contributed by atoms with Gasteiger partial charge in [-0.1, -0.05) is 24.3 Å². The minimum Gasteiger partial charge on any atom is -0.497 e. The summed E-state index contributed by atoms with van der Waals surface area (Å²) in [6.07, 6.45) is 0. The van der Waals surface area contributed by atoms with Gasteiger partial charge in [-0.2, -0.15) is 5.26 Å². The lowest BCUT2D eigenvalue weighted by Crippen LogP contribution is -2.12. The van der Waals surface area contributed by atoms with Crippen molar-refractivity contribution in [3.63, 3.8) is 0 Å². The van der Waals surface area contributed by atoms with E-state index in [2.05, 4.69) is 11.4 Å². The molecule has 0 unspecified atom stereocenters. The molecule has 0 aliphatic heterocycles. The third-order valence-corrected chi connectivity index (χ3v) is 2.90. The smallest absolute Gasteiger partial charge is 0.118 e. The molecule has 96 valence electrons. The van der Waals surface area contributed by atoms with Gasteiger partial charge in [-0.3, -0.25) is 0 Å². The van der Waals surface area contributed by atoms with Crippen molar-refractivity contribution in [3.8, 4) is 11.8 Å². The van der Waals surface area contributed by atoms with Crippen molar-refractivity contribution in [2.24, 2.45) is 0 Å². The molecule has 0 bridgehead atoms. The Bertz CT molecular complexity index is 553. The molecule has 3 nitrogen and oxygen atoms in total. The predicted octanol–water partition coefficient (Wildman–Crippen LogP) is 2.86. The van der Waals surface area contributed by atoms with Gasteiger partial charge in [0.25, 0.3) is 0 Å². The lowest BCUT2D eigenvalue weighted by Gasteiger charge is -2.06. The molecule has 0 amide bonds. The average Bonchev–Trinajstić information content (AvgIpc) is 2.49. The number of nitriles is 1. The van der Waals surface area contributed by atoms with Crippen LogP contribution >= 0.6 is 0 Å². The van der Waals surface area contributed by atoms with Crippen molar-refractivity contribution in [1.82, 2.24) is 5.32 Å². The van der Waals surface area contributed by atoms with Crippen molar-refractivity contribution in [2.45, 2.75) is 13.1 Å². The number of hydrogen-bond donors (Lipinski definition) is 1. The molecule has 0 aromatic heterocycles. The Balaban J connectivity index is 1.83. The number of nitrogens with one attached hydrogen (secondary N) is 1. The maximum Gasteiger partial charge on any atom is 0.118 e. The molecule has 2 rings (SSSR count). The number of ether oxygens (including phenoxy) is 1. The maximum absolute atomic E-state index is 8.72. The topological polar surface area (TPSA) is 45.0 Å². The molecule has 0 spiro atoms. The number of methoxy groups -OCH3 is 1. The minimum atomic E-state index is 0.693. The van der Waals surface area contributed by atoms with Crippen LogP contribution in [0.25, 0.3) is 0 Å². The largest absolute Gasteiger partial charge is 0.497 e. The Kier molecular flexibility index (Phi) is 4.54. The van der Waals surface area contributed by atoms with Gasteiger partial charge in [0.05, 0.1) is 18.7 Å². The van der Waals surface area contributed by atoms with Crippen LogP contribution in [0.2, 0.25) is 0 Å². The third kappa shape index (κ3) is 3.84. The fraction of sp³-hybridized carbons (Fsp3) is 0.188. The van der Waals surface area contributed by atoms with Crippen LogP contribution in [0.4, 0.5) is 0 Å². The van der Waals surface area contributed by atoms with Crippen LogP contribution in [-0.4, -0.2) is 7.11 Å². The SMILES string of the molecule is COc1ccc(CNCc2ccc(C#N)cc2)cc1. The molecule has 2 aromatic rings. The first kappa shape index (κ1) is 13.1. The van der Waals surface area contributed by atoms with E-state index >= 15 is 0 Å². The quantitative estimate of drug-likeness (QED) is 0.890. The van der Waals surface area contributed by atoms with E-state index in [1.807, 2.05) is 48.5 Å². The molecule has 0 aliphatic carbocycles. The zero-order valence-corrected chi connectivity index (χ0v) is 10.9. The van der Waals surface area contributed by atoms with Crippen LogP contribution in [0, 0.1) is 11.3 Å². The van der Waals surface area contributed by atoms with Crippen LogP contribution in [0.5, 0.6) is 5.75 Å².